The number of hydrogen-bond acceptors (Lipinski definition) is 3. The van der Waals surface area contributed by atoms with E-state index in [0.29, 0.717) is 18.6 Å². The maximum Gasteiger partial charge on any atom is 0.409 e. The molecule has 0 radical (unpaired) electrons. The fraction of sp³-hybridized carbons (Fsp3) is 0.900. The van der Waals surface area contributed by atoms with Gasteiger partial charge in [0.05, 0.1) is 6.54 Å². The molecule has 0 aromatic heterocycles. The second-order valence-electron chi connectivity index (χ2n) is 4.23. The van der Waals surface area contributed by atoms with E-state index in [1.807, 2.05) is 0 Å². The lowest BCUT2D eigenvalue weighted by atomic mass is 10.1. The number of ether oxygens (including phenoxy) is 1. The average Bonchev–Trinajstić information content (AvgIpc) is 2.49. The lowest BCUT2D eigenvalue weighted by molar-refractivity contribution is 0.154. The molecule has 0 saturated carbocycles. The van der Waals surface area contributed by atoms with Crippen LogP contribution in [-0.4, -0.2) is 43.3 Å². The Labute approximate surface area is 85.6 Å². The van der Waals surface area contributed by atoms with Crippen molar-refractivity contribution in [3.63, 3.8) is 0 Å². The molecule has 1 rings (SSSR count). The Bertz CT molecular complexity index is 195. The highest BCUT2D eigenvalue weighted by Gasteiger charge is 2.23. The maximum absolute atomic E-state index is 11.1. The minimum absolute atomic E-state index is 0.165. The van der Waals surface area contributed by atoms with Crippen molar-refractivity contribution in [1.29, 1.82) is 0 Å². The van der Waals surface area contributed by atoms with Gasteiger partial charge in [0, 0.05) is 12.6 Å². The van der Waals surface area contributed by atoms with Crippen molar-refractivity contribution >= 4 is 6.09 Å². The topological polar surface area (TPSA) is 41.6 Å². The first-order valence-electron chi connectivity index (χ1n) is 5.24. The van der Waals surface area contributed by atoms with Gasteiger partial charge in [-0.05, 0) is 12.5 Å². The smallest absolute Gasteiger partial charge is 0.409 e. The van der Waals surface area contributed by atoms with Crippen LogP contribution in [0.2, 0.25) is 0 Å². The minimum Gasteiger partial charge on any atom is -0.448 e. The SMILES string of the molecule is CC(CNC(C)C)CN1CCOC1=O. The highest BCUT2D eigenvalue weighted by atomic mass is 16.6. The number of cyclic esters (lactones) is 1. The number of hydrogen-bond donors (Lipinski definition) is 1. The second kappa shape index (κ2) is 5.20. The molecule has 1 fully saturated rings. The second-order valence-corrected chi connectivity index (χ2v) is 4.23. The number of carbonyl (C=O) groups excluding carboxylic acids is 1. The van der Waals surface area contributed by atoms with Crippen LogP contribution in [0.4, 0.5) is 4.79 Å². The average molecular weight is 200 g/mol. The highest BCUT2D eigenvalue weighted by molar-refractivity contribution is 5.69. The molecular weight excluding hydrogens is 180 g/mol. The highest BCUT2D eigenvalue weighted by Crippen LogP contribution is 2.06. The zero-order chi connectivity index (χ0) is 10.6. The van der Waals surface area contributed by atoms with Crippen LogP contribution in [0.25, 0.3) is 0 Å². The summed E-state index contributed by atoms with van der Waals surface area (Å²) in [5.41, 5.74) is 0. The van der Waals surface area contributed by atoms with Crippen molar-refractivity contribution in [3.05, 3.63) is 0 Å². The van der Waals surface area contributed by atoms with E-state index in [1.54, 1.807) is 4.90 Å². The molecule has 0 spiro atoms. The Hall–Kier alpha value is -0.770. The summed E-state index contributed by atoms with van der Waals surface area (Å²) >= 11 is 0. The third-order valence-electron chi connectivity index (χ3n) is 2.25. The molecule has 0 aliphatic carbocycles. The van der Waals surface area contributed by atoms with E-state index in [9.17, 15) is 4.79 Å². The molecule has 1 N–H and O–H groups in total. The number of nitrogens with zero attached hydrogens (tertiary/aromatic N) is 1. The van der Waals surface area contributed by atoms with Crippen LogP contribution in [0.3, 0.4) is 0 Å². The van der Waals surface area contributed by atoms with Crippen molar-refractivity contribution < 1.29 is 9.53 Å². The summed E-state index contributed by atoms with van der Waals surface area (Å²) in [6.07, 6.45) is -0.165. The third kappa shape index (κ3) is 3.54. The predicted molar refractivity (Wildman–Crippen MR) is 55.2 cm³/mol. The summed E-state index contributed by atoms with van der Waals surface area (Å²) < 4.78 is 4.86. The Kier molecular flexibility index (Phi) is 4.20. The Morgan fingerprint density at radius 2 is 2.21 bits per heavy atom. The van der Waals surface area contributed by atoms with Gasteiger partial charge in [0.15, 0.2) is 0 Å². The minimum atomic E-state index is -0.165. The summed E-state index contributed by atoms with van der Waals surface area (Å²) in [6, 6.07) is 0.503. The molecule has 1 amide bonds. The van der Waals surface area contributed by atoms with Gasteiger partial charge in [-0.2, -0.15) is 0 Å². The number of nitrogens with one attached hydrogen (secondary N) is 1. The zero-order valence-corrected chi connectivity index (χ0v) is 9.25. The van der Waals surface area contributed by atoms with Crippen molar-refractivity contribution in [2.24, 2.45) is 5.92 Å². The largest absolute Gasteiger partial charge is 0.448 e. The molecule has 1 aliphatic heterocycles. The van der Waals surface area contributed by atoms with Gasteiger partial charge in [0.25, 0.3) is 0 Å². The molecule has 1 heterocycles. The van der Waals surface area contributed by atoms with Gasteiger partial charge in [-0.15, -0.1) is 0 Å². The van der Waals surface area contributed by atoms with Crippen molar-refractivity contribution in [2.75, 3.05) is 26.2 Å². The first-order valence-corrected chi connectivity index (χ1v) is 5.24. The maximum atomic E-state index is 11.1. The number of rotatable bonds is 5. The molecular formula is C10H20N2O2. The summed E-state index contributed by atoms with van der Waals surface area (Å²) in [7, 11) is 0. The van der Waals surface area contributed by atoms with Gasteiger partial charge < -0.3 is 15.0 Å². The van der Waals surface area contributed by atoms with Crippen LogP contribution in [-0.2, 0) is 4.74 Å². The fourth-order valence-corrected chi connectivity index (χ4v) is 1.47. The van der Waals surface area contributed by atoms with E-state index < -0.39 is 0 Å². The molecule has 0 aromatic rings. The van der Waals surface area contributed by atoms with E-state index in [4.69, 9.17) is 4.74 Å². The molecule has 82 valence electrons. The van der Waals surface area contributed by atoms with Crippen molar-refractivity contribution in [2.45, 2.75) is 26.8 Å². The number of amides is 1. The van der Waals surface area contributed by atoms with Gasteiger partial charge in [-0.1, -0.05) is 20.8 Å². The van der Waals surface area contributed by atoms with Gasteiger partial charge in [0.2, 0.25) is 0 Å². The molecule has 0 aromatic carbocycles. The van der Waals surface area contributed by atoms with E-state index in [2.05, 4.69) is 26.1 Å². The van der Waals surface area contributed by atoms with Crippen molar-refractivity contribution in [1.82, 2.24) is 10.2 Å². The van der Waals surface area contributed by atoms with E-state index in [-0.39, 0.29) is 6.09 Å². The zero-order valence-electron chi connectivity index (χ0n) is 9.25. The molecule has 4 nitrogen and oxygen atoms in total. The molecule has 1 saturated heterocycles. The lowest BCUT2D eigenvalue weighted by Crippen LogP contribution is -2.35. The third-order valence-corrected chi connectivity index (χ3v) is 2.25. The van der Waals surface area contributed by atoms with E-state index >= 15 is 0 Å². The molecule has 4 heteroatoms. The van der Waals surface area contributed by atoms with Gasteiger partial charge in [-0.3, -0.25) is 0 Å². The Balaban J connectivity index is 2.19. The first-order chi connectivity index (χ1) is 6.59. The normalized spacial score (nSPS) is 18.9. The summed E-state index contributed by atoms with van der Waals surface area (Å²) in [4.78, 5) is 12.9. The lowest BCUT2D eigenvalue weighted by Gasteiger charge is -2.19. The predicted octanol–water partition coefficient (Wildman–Crippen LogP) is 1.07. The molecule has 1 unspecified atom stereocenters. The van der Waals surface area contributed by atoms with Crippen LogP contribution in [0.5, 0.6) is 0 Å². The van der Waals surface area contributed by atoms with Crippen LogP contribution >= 0.6 is 0 Å². The Morgan fingerprint density at radius 3 is 2.71 bits per heavy atom. The molecule has 14 heavy (non-hydrogen) atoms. The standard InChI is InChI=1S/C10H20N2O2/c1-8(2)11-6-9(3)7-12-4-5-14-10(12)13/h8-9,11H,4-7H2,1-3H3. The van der Waals surface area contributed by atoms with Crippen molar-refractivity contribution in [3.8, 4) is 0 Å². The van der Waals surface area contributed by atoms with E-state index in [0.717, 1.165) is 19.6 Å². The summed E-state index contributed by atoms with van der Waals surface area (Å²) in [6.45, 7) is 9.41. The quantitative estimate of drug-likeness (QED) is 0.722. The van der Waals surface area contributed by atoms with Crippen LogP contribution in [0.15, 0.2) is 0 Å². The van der Waals surface area contributed by atoms with Crippen LogP contribution < -0.4 is 5.32 Å². The first kappa shape index (κ1) is 11.3. The van der Waals surface area contributed by atoms with Crippen LogP contribution in [0.1, 0.15) is 20.8 Å². The molecule has 1 atom stereocenters. The molecule has 1 aliphatic rings. The summed E-state index contributed by atoms with van der Waals surface area (Å²) in [5, 5.41) is 3.36. The monoisotopic (exact) mass is 200 g/mol. The van der Waals surface area contributed by atoms with Gasteiger partial charge >= 0.3 is 6.09 Å². The van der Waals surface area contributed by atoms with Gasteiger partial charge in [0.1, 0.15) is 6.61 Å². The Morgan fingerprint density at radius 1 is 1.50 bits per heavy atom. The van der Waals surface area contributed by atoms with E-state index in [1.165, 1.54) is 0 Å². The van der Waals surface area contributed by atoms with Crippen LogP contribution in [0, 0.1) is 5.92 Å². The summed E-state index contributed by atoms with van der Waals surface area (Å²) in [5.74, 6) is 0.475. The fourth-order valence-electron chi connectivity index (χ4n) is 1.47. The number of carbonyl (C=O) groups is 1. The molecule has 0 bridgehead atoms. The van der Waals surface area contributed by atoms with Gasteiger partial charge in [-0.25, -0.2) is 4.79 Å².